The highest BCUT2D eigenvalue weighted by atomic mass is 16.5. The van der Waals surface area contributed by atoms with E-state index in [-0.39, 0.29) is 12.1 Å². The number of imide groups is 1. The number of para-hydroxylation sites is 1. The highest BCUT2D eigenvalue weighted by Crippen LogP contribution is 2.30. The molecular formula is C19H17NO4. The van der Waals surface area contributed by atoms with Gasteiger partial charge in [-0.1, -0.05) is 48.0 Å². The monoisotopic (exact) mass is 323 g/mol. The van der Waals surface area contributed by atoms with E-state index in [4.69, 9.17) is 4.74 Å². The minimum absolute atomic E-state index is 0.0369. The topological polar surface area (TPSA) is 66.8 Å². The van der Waals surface area contributed by atoms with Crippen molar-refractivity contribution in [1.29, 1.82) is 0 Å². The zero-order chi connectivity index (χ0) is 17.3. The Hall–Kier alpha value is -3.08. The lowest BCUT2D eigenvalue weighted by Gasteiger charge is -2.16. The van der Waals surface area contributed by atoms with Gasteiger partial charge in [-0.05, 0) is 18.6 Å². The van der Waals surface area contributed by atoms with Gasteiger partial charge in [0.15, 0.2) is 5.76 Å². The molecule has 1 heterocycles. The number of carbonyl (C=O) groups is 2. The number of aliphatic hydroxyl groups is 1. The molecule has 5 nitrogen and oxygen atoms in total. The number of nitrogens with zero attached hydrogens (tertiary/aromatic N) is 1. The zero-order valence-corrected chi connectivity index (χ0v) is 13.4. The summed E-state index contributed by atoms with van der Waals surface area (Å²) in [6.07, 6.45) is 0. The Labute approximate surface area is 139 Å². The van der Waals surface area contributed by atoms with Gasteiger partial charge in [-0.25, -0.2) is 0 Å². The molecule has 0 aliphatic carbocycles. The number of aryl methyl sites for hydroxylation is 1. The Bertz CT molecular complexity index is 837. The second-order valence-corrected chi connectivity index (χ2v) is 5.60. The average molecular weight is 323 g/mol. The van der Waals surface area contributed by atoms with E-state index >= 15 is 0 Å². The minimum Gasteiger partial charge on any atom is -0.502 e. The molecule has 0 aromatic heterocycles. The number of ether oxygens (including phenoxy) is 1. The number of hydrogen-bond donors (Lipinski definition) is 1. The van der Waals surface area contributed by atoms with Gasteiger partial charge in [-0.15, -0.1) is 0 Å². The van der Waals surface area contributed by atoms with Crippen molar-refractivity contribution >= 4 is 17.4 Å². The maximum absolute atomic E-state index is 12.7. The van der Waals surface area contributed by atoms with E-state index in [9.17, 15) is 14.7 Å². The van der Waals surface area contributed by atoms with Crippen molar-refractivity contribution in [3.63, 3.8) is 0 Å². The average Bonchev–Trinajstić information content (AvgIpc) is 2.80. The Morgan fingerprint density at radius 3 is 2.33 bits per heavy atom. The zero-order valence-electron chi connectivity index (χ0n) is 13.4. The van der Waals surface area contributed by atoms with E-state index in [1.807, 2.05) is 25.1 Å². The lowest BCUT2D eigenvalue weighted by Crippen LogP contribution is -2.31. The molecule has 0 spiro atoms. The van der Waals surface area contributed by atoms with Gasteiger partial charge < -0.3 is 9.84 Å². The van der Waals surface area contributed by atoms with Crippen LogP contribution in [0.15, 0.2) is 54.3 Å². The molecule has 5 heteroatoms. The molecule has 24 heavy (non-hydrogen) atoms. The van der Waals surface area contributed by atoms with Gasteiger partial charge in [0.25, 0.3) is 11.8 Å². The molecule has 1 aliphatic heterocycles. The van der Waals surface area contributed by atoms with Crippen LogP contribution in [0.2, 0.25) is 0 Å². The molecule has 3 rings (SSSR count). The smallest absolute Gasteiger partial charge is 0.296 e. The van der Waals surface area contributed by atoms with E-state index in [1.54, 1.807) is 30.3 Å². The van der Waals surface area contributed by atoms with Gasteiger partial charge in [-0.3, -0.25) is 14.5 Å². The summed E-state index contributed by atoms with van der Waals surface area (Å²) in [6, 6.07) is 14.2. The van der Waals surface area contributed by atoms with Crippen LogP contribution in [-0.2, 0) is 16.1 Å². The van der Waals surface area contributed by atoms with E-state index in [0.717, 1.165) is 10.5 Å². The molecule has 2 amide bonds. The maximum Gasteiger partial charge on any atom is 0.296 e. The molecule has 0 radical (unpaired) electrons. The standard InChI is InChI=1S/C19H17NO4/c1-12-7-9-13(10-8-12)16-17(21)19(23)20(18(16)22)11-14-5-3-4-6-15(14)24-2/h3-10,21H,11H2,1-2H3. The lowest BCUT2D eigenvalue weighted by molar-refractivity contribution is -0.138. The summed E-state index contributed by atoms with van der Waals surface area (Å²) in [5.74, 6) is -1.13. The van der Waals surface area contributed by atoms with Gasteiger partial charge in [0.1, 0.15) is 5.75 Å². The summed E-state index contributed by atoms with van der Waals surface area (Å²) >= 11 is 0. The molecule has 0 saturated carbocycles. The number of benzene rings is 2. The number of amides is 2. The first kappa shape index (κ1) is 15.8. The van der Waals surface area contributed by atoms with Gasteiger partial charge in [0, 0.05) is 5.56 Å². The molecule has 1 N–H and O–H groups in total. The number of methoxy groups -OCH3 is 1. The molecule has 1 aliphatic rings. The first-order chi connectivity index (χ1) is 11.5. The van der Waals surface area contributed by atoms with E-state index in [0.29, 0.717) is 16.9 Å². The Morgan fingerprint density at radius 1 is 1.00 bits per heavy atom. The molecule has 0 unspecified atom stereocenters. The second-order valence-electron chi connectivity index (χ2n) is 5.60. The van der Waals surface area contributed by atoms with Crippen molar-refractivity contribution in [3.05, 3.63) is 71.0 Å². The highest BCUT2D eigenvalue weighted by molar-refractivity contribution is 6.34. The second kappa shape index (κ2) is 6.20. The van der Waals surface area contributed by atoms with Crippen molar-refractivity contribution < 1.29 is 19.4 Å². The summed E-state index contributed by atoms with van der Waals surface area (Å²) in [6.45, 7) is 1.97. The number of carbonyl (C=O) groups excluding carboxylic acids is 2. The molecule has 0 atom stereocenters. The van der Waals surface area contributed by atoms with Gasteiger partial charge in [0.05, 0.1) is 19.2 Å². The Balaban J connectivity index is 1.92. The van der Waals surface area contributed by atoms with Crippen LogP contribution in [0.5, 0.6) is 5.75 Å². The van der Waals surface area contributed by atoms with Gasteiger partial charge >= 0.3 is 0 Å². The van der Waals surface area contributed by atoms with Crippen LogP contribution in [0.1, 0.15) is 16.7 Å². The van der Waals surface area contributed by atoms with Crippen LogP contribution >= 0.6 is 0 Å². The summed E-state index contributed by atoms with van der Waals surface area (Å²) < 4.78 is 5.25. The first-order valence-corrected chi connectivity index (χ1v) is 7.51. The SMILES string of the molecule is COc1ccccc1CN1C(=O)C(O)=C(c2ccc(C)cc2)C1=O. The van der Waals surface area contributed by atoms with E-state index < -0.39 is 17.6 Å². The van der Waals surface area contributed by atoms with Gasteiger partial charge in [-0.2, -0.15) is 0 Å². The summed E-state index contributed by atoms with van der Waals surface area (Å²) in [5.41, 5.74) is 2.29. The van der Waals surface area contributed by atoms with Crippen molar-refractivity contribution in [2.45, 2.75) is 13.5 Å². The van der Waals surface area contributed by atoms with Crippen molar-refractivity contribution in [1.82, 2.24) is 4.90 Å². The first-order valence-electron chi connectivity index (χ1n) is 7.51. The lowest BCUT2D eigenvalue weighted by atomic mass is 10.0. The predicted molar refractivity (Wildman–Crippen MR) is 89.3 cm³/mol. The van der Waals surface area contributed by atoms with Crippen molar-refractivity contribution in [3.8, 4) is 5.75 Å². The van der Waals surface area contributed by atoms with Crippen LogP contribution in [0.4, 0.5) is 0 Å². The van der Waals surface area contributed by atoms with Crippen LogP contribution in [0, 0.1) is 6.92 Å². The van der Waals surface area contributed by atoms with Crippen molar-refractivity contribution in [2.24, 2.45) is 0 Å². The third-order valence-corrected chi connectivity index (χ3v) is 4.00. The van der Waals surface area contributed by atoms with E-state index in [1.165, 1.54) is 7.11 Å². The maximum atomic E-state index is 12.7. The minimum atomic E-state index is -0.693. The van der Waals surface area contributed by atoms with Crippen molar-refractivity contribution in [2.75, 3.05) is 7.11 Å². The quantitative estimate of drug-likeness (QED) is 0.879. The third kappa shape index (κ3) is 2.65. The number of aliphatic hydroxyl groups excluding tert-OH is 1. The van der Waals surface area contributed by atoms with E-state index in [2.05, 4.69) is 0 Å². The van der Waals surface area contributed by atoms with Crippen LogP contribution in [0.25, 0.3) is 5.57 Å². The predicted octanol–water partition coefficient (Wildman–Crippen LogP) is 2.84. The third-order valence-electron chi connectivity index (χ3n) is 4.00. The fourth-order valence-corrected chi connectivity index (χ4v) is 2.69. The summed E-state index contributed by atoms with van der Waals surface area (Å²) in [5, 5.41) is 10.2. The normalized spacial score (nSPS) is 14.5. The largest absolute Gasteiger partial charge is 0.502 e. The van der Waals surface area contributed by atoms with Crippen LogP contribution in [-0.4, -0.2) is 28.9 Å². The molecular weight excluding hydrogens is 306 g/mol. The highest BCUT2D eigenvalue weighted by Gasteiger charge is 2.39. The molecule has 2 aromatic rings. The fraction of sp³-hybridized carbons (Fsp3) is 0.158. The number of rotatable bonds is 4. The van der Waals surface area contributed by atoms with Crippen LogP contribution in [0.3, 0.4) is 0 Å². The van der Waals surface area contributed by atoms with Crippen LogP contribution < -0.4 is 4.74 Å². The Morgan fingerprint density at radius 2 is 1.67 bits per heavy atom. The summed E-state index contributed by atoms with van der Waals surface area (Å²) in [4.78, 5) is 26.0. The molecule has 2 aromatic carbocycles. The van der Waals surface area contributed by atoms with Gasteiger partial charge in [0.2, 0.25) is 0 Å². The Kier molecular flexibility index (Phi) is 4.08. The molecule has 0 bridgehead atoms. The molecule has 0 fully saturated rings. The summed E-state index contributed by atoms with van der Waals surface area (Å²) in [7, 11) is 1.53. The number of hydrogen-bond acceptors (Lipinski definition) is 4. The molecule has 122 valence electrons. The fourth-order valence-electron chi connectivity index (χ4n) is 2.69. The molecule has 0 saturated heterocycles.